The van der Waals surface area contributed by atoms with Crippen molar-refractivity contribution in [2.45, 2.75) is 6.92 Å². The fourth-order valence-electron chi connectivity index (χ4n) is 1.32. The van der Waals surface area contributed by atoms with Crippen molar-refractivity contribution in [3.05, 3.63) is 24.3 Å². The number of nitriles is 1. The van der Waals surface area contributed by atoms with Crippen molar-refractivity contribution in [2.24, 2.45) is 0 Å². The lowest BCUT2D eigenvalue weighted by Crippen LogP contribution is -2.20. The van der Waals surface area contributed by atoms with E-state index in [2.05, 4.69) is 4.72 Å². The summed E-state index contributed by atoms with van der Waals surface area (Å²) in [5.74, 6) is 0.192. The molecule has 0 fully saturated rings. The monoisotopic (exact) mass is 284 g/mol. The molecule has 0 bridgehead atoms. The zero-order valence-corrected chi connectivity index (χ0v) is 11.4. The van der Waals surface area contributed by atoms with Crippen molar-refractivity contribution in [3.8, 4) is 11.8 Å². The van der Waals surface area contributed by atoms with Crippen LogP contribution in [0, 0.1) is 11.3 Å². The van der Waals surface area contributed by atoms with Crippen LogP contribution in [-0.4, -0.2) is 34.0 Å². The zero-order chi connectivity index (χ0) is 14.1. The Bertz CT molecular complexity index is 537. The van der Waals surface area contributed by atoms with E-state index < -0.39 is 10.0 Å². The summed E-state index contributed by atoms with van der Waals surface area (Å²) in [5, 5.41) is 8.46. The van der Waals surface area contributed by atoms with E-state index in [0.717, 1.165) is 0 Å². The van der Waals surface area contributed by atoms with E-state index in [-0.39, 0.29) is 19.0 Å². The molecule has 0 radical (unpaired) electrons. The van der Waals surface area contributed by atoms with Crippen molar-refractivity contribution in [1.82, 2.24) is 0 Å². The largest absolute Gasteiger partial charge is 0.477 e. The van der Waals surface area contributed by atoms with Gasteiger partial charge in [0, 0.05) is 6.61 Å². The smallest absolute Gasteiger partial charge is 0.235 e. The Hall–Kier alpha value is -1.78. The first-order valence-corrected chi connectivity index (χ1v) is 7.41. The van der Waals surface area contributed by atoms with E-state index in [1.54, 1.807) is 31.2 Å². The van der Waals surface area contributed by atoms with Gasteiger partial charge in [-0.05, 0) is 19.1 Å². The summed E-state index contributed by atoms with van der Waals surface area (Å²) in [6, 6.07) is 8.38. The van der Waals surface area contributed by atoms with Crippen molar-refractivity contribution in [3.63, 3.8) is 0 Å². The highest BCUT2D eigenvalue weighted by Crippen LogP contribution is 2.24. The summed E-state index contributed by atoms with van der Waals surface area (Å²) in [4.78, 5) is 0. The molecule has 1 rings (SSSR count). The van der Waals surface area contributed by atoms with Gasteiger partial charge < -0.3 is 9.47 Å². The number of nitrogens with one attached hydrogen (secondary N) is 1. The van der Waals surface area contributed by atoms with Gasteiger partial charge in [0.2, 0.25) is 10.0 Å². The zero-order valence-electron chi connectivity index (χ0n) is 10.6. The lowest BCUT2D eigenvalue weighted by molar-refractivity contribution is 0.163. The summed E-state index contributed by atoms with van der Waals surface area (Å²) < 4.78 is 36.1. The van der Waals surface area contributed by atoms with Gasteiger partial charge in [0.1, 0.15) is 11.8 Å². The number of anilines is 1. The number of hydrogen-bond acceptors (Lipinski definition) is 5. The van der Waals surface area contributed by atoms with Crippen LogP contribution in [0.4, 0.5) is 5.69 Å². The molecule has 0 saturated carbocycles. The van der Waals surface area contributed by atoms with Crippen molar-refractivity contribution < 1.29 is 17.9 Å². The van der Waals surface area contributed by atoms with E-state index in [1.807, 2.05) is 6.07 Å². The predicted molar refractivity (Wildman–Crippen MR) is 71.5 cm³/mol. The number of ether oxygens (including phenoxy) is 2. The fourth-order valence-corrected chi connectivity index (χ4v) is 2.26. The van der Waals surface area contributed by atoms with Gasteiger partial charge in [0.15, 0.2) is 6.61 Å². The molecule has 1 aromatic carbocycles. The van der Waals surface area contributed by atoms with Crippen LogP contribution >= 0.6 is 0 Å². The Morgan fingerprint density at radius 1 is 1.37 bits per heavy atom. The minimum Gasteiger partial charge on any atom is -0.477 e. The Balaban J connectivity index is 2.73. The van der Waals surface area contributed by atoms with Crippen molar-refractivity contribution in [2.75, 3.05) is 30.3 Å². The molecular formula is C12H16N2O4S. The van der Waals surface area contributed by atoms with Crippen molar-refractivity contribution in [1.29, 1.82) is 5.26 Å². The van der Waals surface area contributed by atoms with E-state index >= 15 is 0 Å². The molecular weight excluding hydrogens is 268 g/mol. The van der Waals surface area contributed by atoms with Crippen LogP contribution in [-0.2, 0) is 14.8 Å². The van der Waals surface area contributed by atoms with Crippen molar-refractivity contribution >= 4 is 15.7 Å². The summed E-state index contributed by atoms with van der Waals surface area (Å²) in [6.45, 7) is 2.26. The number of nitrogens with zero attached hydrogens (tertiary/aromatic N) is 1. The molecule has 19 heavy (non-hydrogen) atoms. The lowest BCUT2D eigenvalue weighted by atomic mass is 10.3. The first-order chi connectivity index (χ1) is 9.09. The highest BCUT2D eigenvalue weighted by atomic mass is 32.2. The molecule has 7 heteroatoms. The van der Waals surface area contributed by atoms with Gasteiger partial charge in [-0.2, -0.15) is 5.26 Å². The van der Waals surface area contributed by atoms with Crippen LogP contribution in [0.5, 0.6) is 5.75 Å². The van der Waals surface area contributed by atoms with Gasteiger partial charge >= 0.3 is 0 Å². The summed E-state index contributed by atoms with van der Waals surface area (Å²) in [7, 11) is -3.49. The van der Waals surface area contributed by atoms with E-state index in [1.165, 1.54) is 0 Å². The average Bonchev–Trinajstić information content (AvgIpc) is 2.37. The predicted octanol–water partition coefficient (Wildman–Crippen LogP) is 1.37. The minimum atomic E-state index is -3.49. The van der Waals surface area contributed by atoms with Crippen LogP contribution in [0.2, 0.25) is 0 Å². The summed E-state index contributed by atoms with van der Waals surface area (Å²) >= 11 is 0. The quantitative estimate of drug-likeness (QED) is 0.728. The van der Waals surface area contributed by atoms with Crippen LogP contribution in [0.3, 0.4) is 0 Å². The Morgan fingerprint density at radius 3 is 2.79 bits per heavy atom. The van der Waals surface area contributed by atoms with E-state index in [0.29, 0.717) is 18.0 Å². The Kier molecular flexibility index (Phi) is 6.12. The molecule has 0 spiro atoms. The third kappa shape index (κ3) is 5.59. The third-order valence-electron chi connectivity index (χ3n) is 2.15. The molecule has 0 atom stereocenters. The Morgan fingerprint density at radius 2 is 2.11 bits per heavy atom. The molecule has 0 aliphatic heterocycles. The highest BCUT2D eigenvalue weighted by Gasteiger charge is 2.13. The maximum absolute atomic E-state index is 11.8. The van der Waals surface area contributed by atoms with Crippen LogP contribution in [0.25, 0.3) is 0 Å². The molecule has 0 saturated heterocycles. The number of hydrogen-bond donors (Lipinski definition) is 1. The molecule has 104 valence electrons. The summed E-state index contributed by atoms with van der Waals surface area (Å²) in [6.07, 6.45) is 0. The van der Waals surface area contributed by atoms with Crippen LogP contribution in [0.1, 0.15) is 6.92 Å². The first kappa shape index (κ1) is 15.3. The van der Waals surface area contributed by atoms with Gasteiger partial charge in [-0.15, -0.1) is 0 Å². The number of rotatable bonds is 8. The second-order valence-corrected chi connectivity index (χ2v) is 5.40. The number of benzene rings is 1. The molecule has 1 N–H and O–H groups in total. The molecule has 0 aromatic heterocycles. The Labute approximate surface area is 113 Å². The number of para-hydroxylation sites is 2. The van der Waals surface area contributed by atoms with E-state index in [4.69, 9.17) is 14.7 Å². The SMILES string of the molecule is CCOCCS(=O)(=O)Nc1ccccc1OCC#N. The maximum atomic E-state index is 11.8. The number of sulfonamides is 1. The first-order valence-electron chi connectivity index (χ1n) is 5.76. The molecule has 0 unspecified atom stereocenters. The molecule has 1 aromatic rings. The molecule has 0 aliphatic rings. The minimum absolute atomic E-state index is 0.132. The third-order valence-corrected chi connectivity index (χ3v) is 3.38. The normalized spacial score (nSPS) is 10.7. The van der Waals surface area contributed by atoms with Gasteiger partial charge in [-0.1, -0.05) is 12.1 Å². The molecule has 0 amide bonds. The maximum Gasteiger partial charge on any atom is 0.235 e. The summed E-state index contributed by atoms with van der Waals surface area (Å²) in [5.41, 5.74) is 0.314. The standard InChI is InChI=1S/C12H16N2O4S/c1-2-17-9-10-19(15,16)14-11-5-3-4-6-12(11)18-8-7-13/h3-6,14H,2,8-10H2,1H3. The molecule has 0 aliphatic carbocycles. The highest BCUT2D eigenvalue weighted by molar-refractivity contribution is 7.92. The molecule has 0 heterocycles. The van der Waals surface area contributed by atoms with E-state index in [9.17, 15) is 8.42 Å². The van der Waals surface area contributed by atoms with Gasteiger partial charge in [0.25, 0.3) is 0 Å². The van der Waals surface area contributed by atoms with Gasteiger partial charge in [-0.25, -0.2) is 8.42 Å². The lowest BCUT2D eigenvalue weighted by Gasteiger charge is -2.12. The second-order valence-electron chi connectivity index (χ2n) is 3.56. The second kappa shape index (κ2) is 7.61. The van der Waals surface area contributed by atoms with Gasteiger partial charge in [0.05, 0.1) is 18.0 Å². The van der Waals surface area contributed by atoms with Gasteiger partial charge in [-0.3, -0.25) is 4.72 Å². The topological polar surface area (TPSA) is 88.4 Å². The average molecular weight is 284 g/mol. The van der Waals surface area contributed by atoms with Crippen LogP contribution in [0.15, 0.2) is 24.3 Å². The van der Waals surface area contributed by atoms with Crippen LogP contribution < -0.4 is 9.46 Å². The molecule has 6 nitrogen and oxygen atoms in total. The fraction of sp³-hybridized carbons (Fsp3) is 0.417.